The molecule has 0 aliphatic heterocycles. The minimum atomic E-state index is 0.450. The van der Waals surface area contributed by atoms with Crippen molar-refractivity contribution < 1.29 is 33.2 Å². The van der Waals surface area contributed by atoms with Gasteiger partial charge in [0.2, 0.25) is 0 Å². The Morgan fingerprint density at radius 2 is 1.03 bits per heavy atom. The first kappa shape index (κ1) is 25.4. The Balaban J connectivity index is 1.71. The summed E-state index contributed by atoms with van der Waals surface area (Å²) in [7, 11) is 0. The smallest absolute Gasteiger partial charge is 0.142 e. The van der Waals surface area contributed by atoms with Crippen molar-refractivity contribution in [2.45, 2.75) is 0 Å². The normalized spacial score (nSPS) is 10.9. The molecule has 0 aromatic heterocycles. The van der Waals surface area contributed by atoms with Gasteiger partial charge < -0.3 is 38.9 Å². The van der Waals surface area contributed by atoms with Crippen LogP contribution < -0.4 is 10.5 Å². The maximum atomic E-state index is 5.79. The van der Waals surface area contributed by atoms with Crippen LogP contribution in [0.5, 0.6) is 5.75 Å². The third-order valence-electron chi connectivity index (χ3n) is 3.50. The molecule has 0 aliphatic carbocycles. The molecular weight excluding hydrogens is 378 g/mol. The lowest BCUT2D eigenvalue weighted by molar-refractivity contribution is -0.0168. The molecule has 166 valence electrons. The molecule has 0 unspecified atom stereocenters. The highest BCUT2D eigenvalue weighted by Gasteiger charge is 1.98. The zero-order valence-electron chi connectivity index (χ0n) is 17.2. The van der Waals surface area contributed by atoms with Gasteiger partial charge in [-0.1, -0.05) is 18.2 Å². The molecule has 1 aromatic rings. The maximum absolute atomic E-state index is 5.79. The van der Waals surface area contributed by atoms with Crippen molar-refractivity contribution in [3.05, 3.63) is 36.9 Å². The molecule has 0 heterocycles. The molecule has 8 heteroatoms. The summed E-state index contributed by atoms with van der Waals surface area (Å²) in [6, 6.07) is 7.38. The molecule has 1 aromatic carbocycles. The standard InChI is InChI=1S/C21H35NO7/c1-2-7-23-8-9-24-10-11-25-12-13-26-14-15-27-16-17-28-18-19-29-21-6-4-3-5-20(21)22/h2-6H,1,7-19,22H2. The molecule has 0 fully saturated rings. The molecule has 0 bridgehead atoms. The summed E-state index contributed by atoms with van der Waals surface area (Å²) in [4.78, 5) is 0. The van der Waals surface area contributed by atoms with Gasteiger partial charge in [-0.3, -0.25) is 0 Å². The van der Waals surface area contributed by atoms with E-state index < -0.39 is 0 Å². The van der Waals surface area contributed by atoms with Gasteiger partial charge in [0.1, 0.15) is 12.4 Å². The van der Waals surface area contributed by atoms with E-state index in [0.717, 1.165) is 0 Å². The zero-order chi connectivity index (χ0) is 20.8. The van der Waals surface area contributed by atoms with Crippen LogP contribution in [0.2, 0.25) is 0 Å². The van der Waals surface area contributed by atoms with Crippen molar-refractivity contribution in [2.75, 3.05) is 91.6 Å². The Morgan fingerprint density at radius 3 is 1.48 bits per heavy atom. The van der Waals surface area contributed by atoms with E-state index in [-0.39, 0.29) is 0 Å². The van der Waals surface area contributed by atoms with Crippen molar-refractivity contribution >= 4 is 5.69 Å². The van der Waals surface area contributed by atoms with E-state index in [1.165, 1.54) is 0 Å². The van der Waals surface area contributed by atoms with Crippen molar-refractivity contribution in [3.63, 3.8) is 0 Å². The van der Waals surface area contributed by atoms with Gasteiger partial charge >= 0.3 is 0 Å². The molecule has 0 spiro atoms. The molecule has 2 N–H and O–H groups in total. The molecule has 0 amide bonds. The Hall–Kier alpha value is -1.68. The third kappa shape index (κ3) is 15.9. The van der Waals surface area contributed by atoms with Gasteiger partial charge in [-0.25, -0.2) is 0 Å². The lowest BCUT2D eigenvalue weighted by Gasteiger charge is -2.09. The molecule has 1 rings (SSSR count). The Labute approximate surface area is 173 Å². The van der Waals surface area contributed by atoms with Crippen LogP contribution in [-0.4, -0.2) is 85.9 Å². The first-order valence-corrected chi connectivity index (χ1v) is 9.89. The highest BCUT2D eigenvalue weighted by molar-refractivity contribution is 5.51. The van der Waals surface area contributed by atoms with Gasteiger partial charge in [0, 0.05) is 0 Å². The summed E-state index contributed by atoms with van der Waals surface area (Å²) in [5.74, 6) is 0.676. The molecule has 8 nitrogen and oxygen atoms in total. The minimum Gasteiger partial charge on any atom is -0.489 e. The number of hydrogen-bond donors (Lipinski definition) is 1. The van der Waals surface area contributed by atoms with Gasteiger partial charge in [0.25, 0.3) is 0 Å². The largest absolute Gasteiger partial charge is 0.489 e. The van der Waals surface area contributed by atoms with Gasteiger partial charge in [-0.15, -0.1) is 6.58 Å². The molecule has 0 atom stereocenters. The highest BCUT2D eigenvalue weighted by atomic mass is 16.6. The predicted octanol–water partition coefficient (Wildman–Crippen LogP) is 1.93. The monoisotopic (exact) mass is 413 g/mol. The quantitative estimate of drug-likeness (QED) is 0.186. The van der Waals surface area contributed by atoms with Crippen LogP contribution in [0.1, 0.15) is 0 Å². The molecule has 0 saturated heterocycles. The fourth-order valence-corrected chi connectivity index (χ4v) is 2.09. The number of ether oxygens (including phenoxy) is 7. The number of benzene rings is 1. The summed E-state index contributed by atoms with van der Waals surface area (Å²) in [6.45, 7) is 10.4. The number of para-hydroxylation sites is 2. The second kappa shape index (κ2) is 19.6. The van der Waals surface area contributed by atoms with Crippen LogP contribution in [-0.2, 0) is 28.4 Å². The van der Waals surface area contributed by atoms with Crippen molar-refractivity contribution in [2.24, 2.45) is 0 Å². The summed E-state index contributed by atoms with van der Waals surface area (Å²) in [5.41, 5.74) is 6.41. The van der Waals surface area contributed by atoms with Crippen LogP contribution in [0.15, 0.2) is 36.9 Å². The highest BCUT2D eigenvalue weighted by Crippen LogP contribution is 2.19. The van der Waals surface area contributed by atoms with Crippen LogP contribution in [0.3, 0.4) is 0 Å². The summed E-state index contributed by atoms with van der Waals surface area (Å²) in [5, 5.41) is 0. The molecule has 0 saturated carbocycles. The average molecular weight is 414 g/mol. The van der Waals surface area contributed by atoms with Crippen LogP contribution in [0, 0.1) is 0 Å². The van der Waals surface area contributed by atoms with Crippen LogP contribution >= 0.6 is 0 Å². The molecule has 0 radical (unpaired) electrons. The third-order valence-corrected chi connectivity index (χ3v) is 3.50. The second-order valence-corrected chi connectivity index (χ2v) is 5.81. The van der Waals surface area contributed by atoms with Gasteiger partial charge in [-0.05, 0) is 12.1 Å². The van der Waals surface area contributed by atoms with E-state index in [9.17, 15) is 0 Å². The predicted molar refractivity (Wildman–Crippen MR) is 111 cm³/mol. The number of anilines is 1. The van der Waals surface area contributed by atoms with Crippen LogP contribution in [0.4, 0.5) is 5.69 Å². The van der Waals surface area contributed by atoms with E-state index >= 15 is 0 Å². The topological polar surface area (TPSA) is 90.6 Å². The van der Waals surface area contributed by atoms with Crippen LogP contribution in [0.25, 0.3) is 0 Å². The fourth-order valence-electron chi connectivity index (χ4n) is 2.09. The van der Waals surface area contributed by atoms with Crippen molar-refractivity contribution in [1.82, 2.24) is 0 Å². The van der Waals surface area contributed by atoms with Crippen molar-refractivity contribution in [1.29, 1.82) is 0 Å². The Morgan fingerprint density at radius 1 is 0.621 bits per heavy atom. The van der Waals surface area contributed by atoms with Gasteiger partial charge in [0.05, 0.1) is 85.0 Å². The molecule has 29 heavy (non-hydrogen) atoms. The zero-order valence-corrected chi connectivity index (χ0v) is 17.2. The van der Waals surface area contributed by atoms with Gasteiger partial charge in [0.15, 0.2) is 0 Å². The van der Waals surface area contributed by atoms with Crippen molar-refractivity contribution in [3.8, 4) is 5.75 Å². The fraction of sp³-hybridized carbons (Fsp3) is 0.619. The lowest BCUT2D eigenvalue weighted by Crippen LogP contribution is -2.15. The minimum absolute atomic E-state index is 0.450. The summed E-state index contributed by atoms with van der Waals surface area (Å²) >= 11 is 0. The maximum Gasteiger partial charge on any atom is 0.142 e. The Kier molecular flexibility index (Phi) is 17.2. The number of nitrogen functional groups attached to an aromatic ring is 1. The average Bonchev–Trinajstić information content (AvgIpc) is 2.73. The van der Waals surface area contributed by atoms with E-state index in [1.54, 1.807) is 12.1 Å². The molecular formula is C21H35NO7. The number of nitrogens with two attached hydrogens (primary N) is 1. The first-order chi connectivity index (χ1) is 14.3. The van der Waals surface area contributed by atoms with E-state index in [2.05, 4.69) is 6.58 Å². The number of rotatable bonds is 21. The van der Waals surface area contributed by atoms with E-state index in [1.807, 2.05) is 18.2 Å². The van der Waals surface area contributed by atoms with E-state index in [4.69, 9.17) is 38.9 Å². The number of hydrogen-bond acceptors (Lipinski definition) is 8. The summed E-state index contributed by atoms with van der Waals surface area (Å²) < 4.78 is 37.8. The van der Waals surface area contributed by atoms with E-state index in [0.29, 0.717) is 97.3 Å². The Bertz CT molecular complexity index is 502. The summed E-state index contributed by atoms with van der Waals surface area (Å²) in [6.07, 6.45) is 1.71. The SMILES string of the molecule is C=CCOCCOCCOCCOCCOCCOCCOc1ccccc1N. The lowest BCUT2D eigenvalue weighted by atomic mass is 10.3. The van der Waals surface area contributed by atoms with Gasteiger partial charge in [-0.2, -0.15) is 0 Å². The first-order valence-electron chi connectivity index (χ1n) is 9.89. The second-order valence-electron chi connectivity index (χ2n) is 5.81. The molecule has 0 aliphatic rings.